The molecule has 2 rings (SSSR count). The summed E-state index contributed by atoms with van der Waals surface area (Å²) in [6.45, 7) is 9.64. The van der Waals surface area contributed by atoms with Crippen molar-refractivity contribution in [2.24, 2.45) is 0 Å². The second-order valence-electron chi connectivity index (χ2n) is 7.52. The molecule has 6 heteroatoms. The van der Waals surface area contributed by atoms with Gasteiger partial charge in [-0.15, -0.1) is 0 Å². The molecule has 0 aromatic heterocycles. The van der Waals surface area contributed by atoms with Gasteiger partial charge in [0.25, 0.3) is 0 Å². The Morgan fingerprint density at radius 1 is 1.40 bits per heavy atom. The number of carbonyl (C=O) groups excluding carboxylic acids is 1. The van der Waals surface area contributed by atoms with Crippen LogP contribution in [0.25, 0.3) is 0 Å². The topological polar surface area (TPSA) is 71.0 Å². The fraction of sp³-hybridized carbons (Fsp3) is 0.632. The normalized spacial score (nSPS) is 15.5. The van der Waals surface area contributed by atoms with E-state index < -0.39 is 6.10 Å². The molecule has 1 aromatic rings. The van der Waals surface area contributed by atoms with Crippen LogP contribution in [0, 0.1) is 0 Å². The standard InChI is InChI=1S/C19H30N2O4/c1-13(22)21-9-8-16-14(11-21)6-7-17(24-5)18(16)25-12-15(23)10-20-19(2,3)4/h6-7,15,20,23H,8-12H2,1-5H3. The van der Waals surface area contributed by atoms with E-state index in [1.807, 2.05) is 17.0 Å². The lowest BCUT2D eigenvalue weighted by molar-refractivity contribution is -0.129. The van der Waals surface area contributed by atoms with Crippen LogP contribution in [0.15, 0.2) is 12.1 Å². The highest BCUT2D eigenvalue weighted by Crippen LogP contribution is 2.36. The van der Waals surface area contributed by atoms with E-state index in [2.05, 4.69) is 26.1 Å². The van der Waals surface area contributed by atoms with E-state index in [0.717, 1.165) is 17.5 Å². The average molecular weight is 350 g/mol. The number of hydrogen-bond acceptors (Lipinski definition) is 5. The van der Waals surface area contributed by atoms with Crippen molar-refractivity contribution in [2.75, 3.05) is 26.8 Å². The minimum absolute atomic E-state index is 0.0548. The Labute approximate surface area is 150 Å². The SMILES string of the molecule is COc1ccc2c(c1OCC(O)CNC(C)(C)C)CCN(C(C)=O)C2. The zero-order chi connectivity index (χ0) is 18.6. The molecule has 6 nitrogen and oxygen atoms in total. The third kappa shape index (κ3) is 5.34. The van der Waals surface area contributed by atoms with Crippen molar-refractivity contribution in [2.45, 2.75) is 52.3 Å². The molecule has 0 aliphatic carbocycles. The minimum Gasteiger partial charge on any atom is -0.493 e. The van der Waals surface area contributed by atoms with Crippen LogP contribution in [-0.4, -0.2) is 54.4 Å². The summed E-state index contributed by atoms with van der Waals surface area (Å²) >= 11 is 0. The molecular formula is C19H30N2O4. The first-order valence-electron chi connectivity index (χ1n) is 8.71. The van der Waals surface area contributed by atoms with Gasteiger partial charge in [0.05, 0.1) is 7.11 Å². The van der Waals surface area contributed by atoms with Crippen molar-refractivity contribution >= 4 is 5.91 Å². The Balaban J connectivity index is 2.09. The number of carbonyl (C=O) groups is 1. The van der Waals surface area contributed by atoms with Gasteiger partial charge in [0.15, 0.2) is 11.5 Å². The van der Waals surface area contributed by atoms with Gasteiger partial charge in [-0.25, -0.2) is 0 Å². The van der Waals surface area contributed by atoms with Gasteiger partial charge in [0.1, 0.15) is 12.7 Å². The minimum atomic E-state index is -0.614. The number of β-amino-alcohol motifs (C(OH)–C–C–N with tert-alkyl or cyclic N) is 1. The number of aliphatic hydroxyl groups excluding tert-OH is 1. The van der Waals surface area contributed by atoms with Crippen molar-refractivity contribution in [1.29, 1.82) is 0 Å². The Morgan fingerprint density at radius 2 is 2.12 bits per heavy atom. The first kappa shape index (κ1) is 19.5. The first-order chi connectivity index (χ1) is 11.7. The van der Waals surface area contributed by atoms with Crippen molar-refractivity contribution in [1.82, 2.24) is 10.2 Å². The molecule has 1 aliphatic heterocycles. The molecule has 1 aliphatic rings. The van der Waals surface area contributed by atoms with Crippen LogP contribution in [0.4, 0.5) is 0 Å². The molecular weight excluding hydrogens is 320 g/mol. The number of fused-ring (bicyclic) bond motifs is 1. The molecule has 1 aromatic carbocycles. The van der Waals surface area contributed by atoms with Gasteiger partial charge >= 0.3 is 0 Å². The number of methoxy groups -OCH3 is 1. The van der Waals surface area contributed by atoms with Gasteiger partial charge in [0.2, 0.25) is 5.91 Å². The van der Waals surface area contributed by atoms with Gasteiger partial charge in [-0.05, 0) is 38.8 Å². The Kier molecular flexibility index (Phi) is 6.30. The zero-order valence-electron chi connectivity index (χ0n) is 15.9. The fourth-order valence-corrected chi connectivity index (χ4v) is 2.85. The number of ether oxygens (including phenoxy) is 2. The molecule has 1 unspecified atom stereocenters. The van der Waals surface area contributed by atoms with Crippen LogP contribution in [0.1, 0.15) is 38.8 Å². The number of nitrogens with zero attached hydrogens (tertiary/aromatic N) is 1. The van der Waals surface area contributed by atoms with Gasteiger partial charge in [-0.2, -0.15) is 0 Å². The molecule has 140 valence electrons. The van der Waals surface area contributed by atoms with Crippen molar-refractivity contribution in [3.63, 3.8) is 0 Å². The highest BCUT2D eigenvalue weighted by atomic mass is 16.5. The number of rotatable bonds is 6. The third-order valence-corrected chi connectivity index (χ3v) is 4.27. The third-order valence-electron chi connectivity index (χ3n) is 4.27. The van der Waals surface area contributed by atoms with Gasteiger partial charge < -0.3 is 24.8 Å². The number of aliphatic hydroxyl groups is 1. The quantitative estimate of drug-likeness (QED) is 0.818. The lowest BCUT2D eigenvalue weighted by Gasteiger charge is -2.30. The fourth-order valence-electron chi connectivity index (χ4n) is 2.85. The molecule has 2 N–H and O–H groups in total. The highest BCUT2D eigenvalue weighted by molar-refractivity contribution is 5.73. The maximum absolute atomic E-state index is 11.6. The highest BCUT2D eigenvalue weighted by Gasteiger charge is 2.24. The van der Waals surface area contributed by atoms with E-state index in [4.69, 9.17) is 9.47 Å². The molecule has 0 radical (unpaired) electrons. The number of amides is 1. The number of hydrogen-bond donors (Lipinski definition) is 2. The van der Waals surface area contributed by atoms with Crippen molar-refractivity contribution < 1.29 is 19.4 Å². The predicted octanol–water partition coefficient (Wildman–Crippen LogP) is 1.73. The predicted molar refractivity (Wildman–Crippen MR) is 97.0 cm³/mol. The first-order valence-corrected chi connectivity index (χ1v) is 8.71. The van der Waals surface area contributed by atoms with Crippen molar-refractivity contribution in [3.05, 3.63) is 23.3 Å². The molecule has 0 fully saturated rings. The molecule has 25 heavy (non-hydrogen) atoms. The molecule has 1 amide bonds. The summed E-state index contributed by atoms with van der Waals surface area (Å²) in [6.07, 6.45) is 0.106. The maximum atomic E-state index is 11.6. The maximum Gasteiger partial charge on any atom is 0.219 e. The molecule has 0 saturated carbocycles. The average Bonchev–Trinajstić information content (AvgIpc) is 2.56. The molecule has 1 atom stereocenters. The summed E-state index contributed by atoms with van der Waals surface area (Å²) in [4.78, 5) is 13.4. The van der Waals surface area contributed by atoms with Crippen LogP contribution in [0.2, 0.25) is 0 Å². The monoisotopic (exact) mass is 350 g/mol. The largest absolute Gasteiger partial charge is 0.493 e. The molecule has 0 spiro atoms. The summed E-state index contributed by atoms with van der Waals surface area (Å²) in [5.41, 5.74) is 2.08. The van der Waals surface area contributed by atoms with Gasteiger partial charge in [0, 0.05) is 37.7 Å². The lowest BCUT2D eigenvalue weighted by Crippen LogP contribution is -2.42. The second-order valence-corrected chi connectivity index (χ2v) is 7.52. The van der Waals surface area contributed by atoms with E-state index >= 15 is 0 Å². The zero-order valence-corrected chi connectivity index (χ0v) is 15.9. The van der Waals surface area contributed by atoms with Crippen LogP contribution >= 0.6 is 0 Å². The summed E-state index contributed by atoms with van der Waals surface area (Å²) < 4.78 is 11.4. The van der Waals surface area contributed by atoms with Gasteiger partial charge in [-0.3, -0.25) is 4.79 Å². The lowest BCUT2D eigenvalue weighted by atomic mass is 9.98. The van der Waals surface area contributed by atoms with E-state index in [1.54, 1.807) is 14.0 Å². The van der Waals surface area contributed by atoms with Crippen LogP contribution in [0.5, 0.6) is 11.5 Å². The molecule has 0 bridgehead atoms. The summed E-state index contributed by atoms with van der Waals surface area (Å²) in [7, 11) is 1.61. The smallest absolute Gasteiger partial charge is 0.219 e. The summed E-state index contributed by atoms with van der Waals surface area (Å²) in [5.74, 6) is 1.41. The number of benzene rings is 1. The summed E-state index contributed by atoms with van der Waals surface area (Å²) in [6, 6.07) is 3.84. The van der Waals surface area contributed by atoms with E-state index in [9.17, 15) is 9.90 Å². The van der Waals surface area contributed by atoms with Crippen molar-refractivity contribution in [3.8, 4) is 11.5 Å². The van der Waals surface area contributed by atoms with E-state index in [0.29, 0.717) is 31.1 Å². The molecule has 0 saturated heterocycles. The Bertz CT molecular complexity index is 610. The second kappa shape index (κ2) is 8.06. The van der Waals surface area contributed by atoms with Gasteiger partial charge in [-0.1, -0.05) is 6.07 Å². The molecule has 1 heterocycles. The van der Waals surface area contributed by atoms with Crippen LogP contribution in [-0.2, 0) is 17.8 Å². The van der Waals surface area contributed by atoms with E-state index in [-0.39, 0.29) is 18.1 Å². The Morgan fingerprint density at radius 3 is 2.72 bits per heavy atom. The van der Waals surface area contributed by atoms with Crippen LogP contribution < -0.4 is 14.8 Å². The Hall–Kier alpha value is -1.79. The number of nitrogens with one attached hydrogen (secondary N) is 1. The van der Waals surface area contributed by atoms with E-state index in [1.165, 1.54) is 0 Å². The summed E-state index contributed by atoms with van der Waals surface area (Å²) in [5, 5.41) is 13.4. The van der Waals surface area contributed by atoms with Crippen LogP contribution in [0.3, 0.4) is 0 Å².